The normalized spacial score (nSPS) is 19.3. The molecule has 0 aromatic heterocycles. The van der Waals surface area contributed by atoms with Crippen molar-refractivity contribution in [3.8, 4) is 0 Å². The maximum Gasteiger partial charge on any atom is 0.336 e. The maximum absolute atomic E-state index is 12.4. The number of aromatic carboxylic acids is 1. The van der Waals surface area contributed by atoms with Crippen LogP contribution in [0.15, 0.2) is 18.2 Å². The number of rotatable bonds is 2. The van der Waals surface area contributed by atoms with Crippen molar-refractivity contribution in [3.63, 3.8) is 0 Å². The van der Waals surface area contributed by atoms with Crippen LogP contribution in [0.1, 0.15) is 27.6 Å². The van der Waals surface area contributed by atoms with Gasteiger partial charge in [-0.1, -0.05) is 6.07 Å². The van der Waals surface area contributed by atoms with E-state index in [9.17, 15) is 9.59 Å². The van der Waals surface area contributed by atoms with E-state index in [0.29, 0.717) is 28.8 Å². The molecule has 1 fully saturated rings. The number of benzene rings is 1. The van der Waals surface area contributed by atoms with E-state index in [-0.39, 0.29) is 17.6 Å². The van der Waals surface area contributed by atoms with Gasteiger partial charge in [-0.15, -0.1) is 0 Å². The summed E-state index contributed by atoms with van der Waals surface area (Å²) in [6, 6.07) is 4.77. The Morgan fingerprint density at radius 2 is 2.11 bits per heavy atom. The summed E-state index contributed by atoms with van der Waals surface area (Å²) in [6.07, 6.45) is 0.0121. The number of hydrogen-bond donors (Lipinski definition) is 1. The van der Waals surface area contributed by atoms with Crippen molar-refractivity contribution in [2.45, 2.75) is 13.0 Å². The van der Waals surface area contributed by atoms with Crippen molar-refractivity contribution >= 4 is 34.5 Å². The fourth-order valence-electron chi connectivity index (χ4n) is 2.04. The number of hydrogen-bond acceptors (Lipinski definition) is 3. The molecule has 2 rings (SSSR count). The standard InChI is InChI=1S/C13H14INO4/c1-8-7-15(5-6-19-8)12(16)9-3-2-4-10(11(9)14)13(17)18/h2-4,8H,5-7H2,1H3,(H,17,18). The fourth-order valence-corrected chi connectivity index (χ4v) is 2.86. The molecule has 1 unspecified atom stereocenters. The van der Waals surface area contributed by atoms with Gasteiger partial charge in [0.05, 0.1) is 23.8 Å². The molecule has 1 aliphatic heterocycles. The summed E-state index contributed by atoms with van der Waals surface area (Å²) >= 11 is 1.91. The third-order valence-electron chi connectivity index (χ3n) is 2.99. The Morgan fingerprint density at radius 1 is 1.42 bits per heavy atom. The lowest BCUT2D eigenvalue weighted by molar-refractivity contribution is -0.0124. The van der Waals surface area contributed by atoms with Gasteiger partial charge in [0.15, 0.2) is 0 Å². The number of amides is 1. The van der Waals surface area contributed by atoms with Crippen LogP contribution in [-0.4, -0.2) is 47.7 Å². The van der Waals surface area contributed by atoms with Gasteiger partial charge in [-0.2, -0.15) is 0 Å². The van der Waals surface area contributed by atoms with Gasteiger partial charge in [0.2, 0.25) is 0 Å². The second-order valence-electron chi connectivity index (χ2n) is 4.40. The zero-order chi connectivity index (χ0) is 14.0. The molecule has 1 aromatic carbocycles. The molecule has 0 bridgehead atoms. The van der Waals surface area contributed by atoms with Crippen LogP contribution < -0.4 is 0 Å². The number of morpholine rings is 1. The molecule has 1 atom stereocenters. The van der Waals surface area contributed by atoms with Crippen molar-refractivity contribution in [2.75, 3.05) is 19.7 Å². The number of ether oxygens (including phenoxy) is 1. The summed E-state index contributed by atoms with van der Waals surface area (Å²) in [5.74, 6) is -1.16. The van der Waals surface area contributed by atoms with E-state index < -0.39 is 5.97 Å². The van der Waals surface area contributed by atoms with Crippen molar-refractivity contribution in [2.24, 2.45) is 0 Å². The van der Waals surface area contributed by atoms with E-state index in [4.69, 9.17) is 9.84 Å². The van der Waals surface area contributed by atoms with Gasteiger partial charge in [0.25, 0.3) is 5.91 Å². The van der Waals surface area contributed by atoms with Gasteiger partial charge in [0, 0.05) is 16.7 Å². The first-order chi connectivity index (χ1) is 9.00. The Morgan fingerprint density at radius 3 is 2.74 bits per heavy atom. The minimum Gasteiger partial charge on any atom is -0.478 e. The molecule has 0 saturated carbocycles. The third-order valence-corrected chi connectivity index (χ3v) is 4.15. The van der Waals surface area contributed by atoms with Gasteiger partial charge >= 0.3 is 5.97 Å². The highest BCUT2D eigenvalue weighted by Gasteiger charge is 2.25. The monoisotopic (exact) mass is 375 g/mol. The smallest absolute Gasteiger partial charge is 0.336 e. The van der Waals surface area contributed by atoms with Crippen molar-refractivity contribution in [1.29, 1.82) is 0 Å². The molecule has 1 heterocycles. The topological polar surface area (TPSA) is 66.8 Å². The molecule has 0 radical (unpaired) electrons. The summed E-state index contributed by atoms with van der Waals surface area (Å²) in [5.41, 5.74) is 0.599. The van der Waals surface area contributed by atoms with E-state index in [0.717, 1.165) is 0 Å². The Hall–Kier alpha value is -1.15. The van der Waals surface area contributed by atoms with Crippen LogP contribution in [-0.2, 0) is 4.74 Å². The first kappa shape index (κ1) is 14.3. The maximum atomic E-state index is 12.4. The van der Waals surface area contributed by atoms with Crippen LogP contribution in [0.3, 0.4) is 0 Å². The van der Waals surface area contributed by atoms with Crippen LogP contribution in [0.25, 0.3) is 0 Å². The van der Waals surface area contributed by atoms with Gasteiger partial charge in [-0.3, -0.25) is 4.79 Å². The minimum atomic E-state index is -1.02. The van der Waals surface area contributed by atoms with E-state index in [1.165, 1.54) is 6.07 Å². The molecule has 6 heteroatoms. The molecule has 0 spiro atoms. The second kappa shape index (κ2) is 5.87. The summed E-state index contributed by atoms with van der Waals surface area (Å²) < 4.78 is 5.88. The van der Waals surface area contributed by atoms with E-state index in [2.05, 4.69) is 0 Å². The van der Waals surface area contributed by atoms with E-state index in [1.54, 1.807) is 17.0 Å². The highest BCUT2D eigenvalue weighted by atomic mass is 127. The van der Waals surface area contributed by atoms with Gasteiger partial charge < -0.3 is 14.7 Å². The van der Waals surface area contributed by atoms with Crippen LogP contribution in [0, 0.1) is 3.57 Å². The number of carbonyl (C=O) groups excluding carboxylic acids is 1. The second-order valence-corrected chi connectivity index (χ2v) is 5.48. The van der Waals surface area contributed by atoms with Crippen molar-refractivity contribution in [1.82, 2.24) is 4.90 Å². The van der Waals surface area contributed by atoms with Crippen LogP contribution in [0.5, 0.6) is 0 Å². The third kappa shape index (κ3) is 3.06. The largest absolute Gasteiger partial charge is 0.478 e. The zero-order valence-corrected chi connectivity index (χ0v) is 12.6. The minimum absolute atomic E-state index is 0.0121. The summed E-state index contributed by atoms with van der Waals surface area (Å²) in [4.78, 5) is 25.2. The number of halogens is 1. The lowest BCUT2D eigenvalue weighted by Gasteiger charge is -2.31. The summed E-state index contributed by atoms with van der Waals surface area (Å²) in [5, 5.41) is 9.07. The zero-order valence-electron chi connectivity index (χ0n) is 10.4. The number of carboxylic acids is 1. The molecule has 0 aliphatic carbocycles. The van der Waals surface area contributed by atoms with Gasteiger partial charge in [-0.25, -0.2) is 4.79 Å². The molecular formula is C13H14INO4. The summed E-state index contributed by atoms with van der Waals surface area (Å²) in [7, 11) is 0. The Bertz CT molecular complexity index is 517. The van der Waals surface area contributed by atoms with Crippen LogP contribution in [0.4, 0.5) is 0 Å². The SMILES string of the molecule is CC1CN(C(=O)c2cccc(C(=O)O)c2I)CCO1. The summed E-state index contributed by atoms with van der Waals surface area (Å²) in [6.45, 7) is 3.50. The lowest BCUT2D eigenvalue weighted by Crippen LogP contribution is -2.44. The van der Waals surface area contributed by atoms with E-state index >= 15 is 0 Å². The molecular weight excluding hydrogens is 361 g/mol. The fraction of sp³-hybridized carbons (Fsp3) is 0.385. The van der Waals surface area contributed by atoms with Gasteiger partial charge in [-0.05, 0) is 41.6 Å². The lowest BCUT2D eigenvalue weighted by atomic mass is 10.1. The predicted octanol–water partition coefficient (Wildman–Crippen LogP) is 1.85. The Labute approximate surface area is 124 Å². The van der Waals surface area contributed by atoms with Gasteiger partial charge in [0.1, 0.15) is 0 Å². The quantitative estimate of drug-likeness (QED) is 0.802. The molecule has 1 aliphatic rings. The molecule has 1 N–H and O–H groups in total. The molecule has 102 valence electrons. The van der Waals surface area contributed by atoms with Crippen molar-refractivity contribution in [3.05, 3.63) is 32.9 Å². The average molecular weight is 375 g/mol. The number of carboxylic acid groups (broad SMARTS) is 1. The molecule has 5 nitrogen and oxygen atoms in total. The van der Waals surface area contributed by atoms with E-state index in [1.807, 2.05) is 29.5 Å². The number of nitrogens with zero attached hydrogens (tertiary/aromatic N) is 1. The number of carbonyl (C=O) groups is 2. The first-order valence-electron chi connectivity index (χ1n) is 5.93. The highest BCUT2D eigenvalue weighted by molar-refractivity contribution is 14.1. The highest BCUT2D eigenvalue weighted by Crippen LogP contribution is 2.20. The Kier molecular flexibility index (Phi) is 4.41. The molecule has 1 aromatic rings. The molecule has 1 amide bonds. The van der Waals surface area contributed by atoms with Crippen LogP contribution in [0.2, 0.25) is 0 Å². The average Bonchev–Trinajstić information content (AvgIpc) is 2.38. The van der Waals surface area contributed by atoms with Crippen molar-refractivity contribution < 1.29 is 19.4 Å². The van der Waals surface area contributed by atoms with Crippen LogP contribution >= 0.6 is 22.6 Å². The predicted molar refractivity (Wildman–Crippen MR) is 77.4 cm³/mol. The Balaban J connectivity index is 2.28. The molecule has 19 heavy (non-hydrogen) atoms. The molecule has 1 saturated heterocycles. The first-order valence-corrected chi connectivity index (χ1v) is 7.01.